The van der Waals surface area contributed by atoms with Crippen LogP contribution in [0.2, 0.25) is 0 Å². The van der Waals surface area contributed by atoms with Crippen LogP contribution in [0.1, 0.15) is 32.6 Å². The fraction of sp³-hybridized carbons (Fsp3) is 0.867. The lowest BCUT2D eigenvalue weighted by atomic mass is 10.3. The summed E-state index contributed by atoms with van der Waals surface area (Å²) in [6.07, 6.45) is 2.69. The van der Waals surface area contributed by atoms with Crippen LogP contribution in [-0.2, 0) is 9.59 Å². The monoisotopic (exact) mass is 383 g/mol. The predicted molar refractivity (Wildman–Crippen MR) is 100 cm³/mol. The van der Waals surface area contributed by atoms with Gasteiger partial charge in [-0.15, -0.1) is 0 Å². The van der Waals surface area contributed by atoms with Gasteiger partial charge in [-0.25, -0.2) is 0 Å². The van der Waals surface area contributed by atoms with Gasteiger partial charge in [0.2, 0.25) is 11.8 Å². The molecular formula is C15H29N9O3. The third-order valence-corrected chi connectivity index (χ3v) is 3.68. The Kier molecular flexibility index (Phi) is 15.3. The summed E-state index contributed by atoms with van der Waals surface area (Å²) in [5.41, 5.74) is 16.5. The summed E-state index contributed by atoms with van der Waals surface area (Å²) in [5, 5.41) is 19.1. The second-order valence-electron chi connectivity index (χ2n) is 5.76. The van der Waals surface area contributed by atoms with Crippen LogP contribution in [0.4, 0.5) is 0 Å². The second-order valence-corrected chi connectivity index (χ2v) is 5.76. The molecule has 0 aromatic heterocycles. The first-order valence-corrected chi connectivity index (χ1v) is 8.99. The van der Waals surface area contributed by atoms with Gasteiger partial charge in [-0.1, -0.05) is 23.6 Å². The largest absolute Gasteiger partial charge is 0.376 e. The molecule has 0 radical (unpaired) electrons. The molecule has 0 bridgehead atoms. The van der Waals surface area contributed by atoms with Crippen LogP contribution in [-0.4, -0.2) is 79.3 Å². The van der Waals surface area contributed by atoms with Gasteiger partial charge in [-0.05, 0) is 36.9 Å². The van der Waals surface area contributed by atoms with Crippen LogP contribution < -0.4 is 5.32 Å². The number of nitrogens with one attached hydrogen (secondary N) is 1. The summed E-state index contributed by atoms with van der Waals surface area (Å²) < 4.78 is 0. The Morgan fingerprint density at radius 1 is 1.00 bits per heavy atom. The van der Waals surface area contributed by atoms with E-state index in [9.17, 15) is 14.7 Å². The standard InChI is InChI=1S/C15H29N9O3/c1-2-3-9-24(13-25)15(27)12-23(10-5-8-20-22-17)14(26)11-18-6-4-7-19-21-16/h18,25H,2-13H2,1H3. The molecule has 0 unspecified atom stereocenters. The van der Waals surface area contributed by atoms with E-state index in [1.165, 1.54) is 9.80 Å². The summed E-state index contributed by atoms with van der Waals surface area (Å²) in [5.74, 6) is -0.590. The van der Waals surface area contributed by atoms with Gasteiger partial charge in [-0.2, -0.15) is 0 Å². The van der Waals surface area contributed by atoms with Crippen molar-refractivity contribution in [3.63, 3.8) is 0 Å². The highest BCUT2D eigenvalue weighted by molar-refractivity contribution is 5.85. The van der Waals surface area contributed by atoms with Crippen molar-refractivity contribution in [2.75, 3.05) is 52.5 Å². The smallest absolute Gasteiger partial charge is 0.244 e. The zero-order valence-electron chi connectivity index (χ0n) is 15.8. The maximum atomic E-state index is 12.4. The molecule has 2 N–H and O–H groups in total. The van der Waals surface area contributed by atoms with Gasteiger partial charge < -0.3 is 20.2 Å². The van der Waals surface area contributed by atoms with Crippen LogP contribution in [0, 0.1) is 0 Å². The Balaban J connectivity index is 4.63. The van der Waals surface area contributed by atoms with E-state index in [4.69, 9.17) is 11.1 Å². The maximum absolute atomic E-state index is 12.4. The molecule has 0 saturated carbocycles. The molecule has 0 saturated heterocycles. The number of carbonyl (C=O) groups is 2. The summed E-state index contributed by atoms with van der Waals surface area (Å²) >= 11 is 0. The average Bonchev–Trinajstić information content (AvgIpc) is 2.67. The minimum absolute atomic E-state index is 0.0408. The highest BCUT2D eigenvalue weighted by Gasteiger charge is 2.20. The Morgan fingerprint density at radius 3 is 2.22 bits per heavy atom. The molecule has 152 valence electrons. The zero-order valence-corrected chi connectivity index (χ0v) is 15.8. The van der Waals surface area contributed by atoms with Crippen molar-refractivity contribution in [2.45, 2.75) is 32.6 Å². The Bertz CT molecular complexity index is 531. The number of hydrogen-bond donors (Lipinski definition) is 2. The van der Waals surface area contributed by atoms with E-state index in [0.717, 1.165) is 12.8 Å². The molecule has 0 aromatic carbocycles. The maximum Gasteiger partial charge on any atom is 0.244 e. The van der Waals surface area contributed by atoms with E-state index in [0.29, 0.717) is 32.5 Å². The molecular weight excluding hydrogens is 354 g/mol. The number of aliphatic hydroxyl groups is 1. The first kappa shape index (κ1) is 24.5. The van der Waals surface area contributed by atoms with Crippen molar-refractivity contribution >= 4 is 11.8 Å². The summed E-state index contributed by atoms with van der Waals surface area (Å²) in [6, 6.07) is 0. The van der Waals surface area contributed by atoms with E-state index < -0.39 is 6.73 Å². The molecule has 0 aliphatic carbocycles. The molecule has 12 heteroatoms. The van der Waals surface area contributed by atoms with E-state index >= 15 is 0 Å². The van der Waals surface area contributed by atoms with E-state index in [2.05, 4.69) is 25.4 Å². The highest BCUT2D eigenvalue weighted by Crippen LogP contribution is 2.00. The van der Waals surface area contributed by atoms with Crippen molar-refractivity contribution in [1.82, 2.24) is 15.1 Å². The number of hydrogen-bond acceptors (Lipinski definition) is 6. The third kappa shape index (κ3) is 12.5. The second kappa shape index (κ2) is 16.9. The summed E-state index contributed by atoms with van der Waals surface area (Å²) in [6.45, 7) is 3.28. The van der Waals surface area contributed by atoms with E-state index in [1.807, 2.05) is 6.92 Å². The Morgan fingerprint density at radius 2 is 1.63 bits per heavy atom. The van der Waals surface area contributed by atoms with Gasteiger partial charge in [0.05, 0.1) is 13.1 Å². The topological polar surface area (TPSA) is 170 Å². The molecule has 12 nitrogen and oxygen atoms in total. The first-order valence-electron chi connectivity index (χ1n) is 8.99. The molecule has 0 fully saturated rings. The van der Waals surface area contributed by atoms with Crippen LogP contribution in [0.25, 0.3) is 20.9 Å². The van der Waals surface area contributed by atoms with Crippen molar-refractivity contribution in [2.24, 2.45) is 10.2 Å². The Labute approximate surface area is 158 Å². The fourth-order valence-corrected chi connectivity index (χ4v) is 2.18. The lowest BCUT2D eigenvalue weighted by Gasteiger charge is -2.26. The van der Waals surface area contributed by atoms with Gasteiger partial charge in [0.25, 0.3) is 0 Å². The molecule has 0 aliphatic rings. The number of aliphatic hydroxyl groups excluding tert-OH is 1. The molecule has 0 aliphatic heterocycles. The molecule has 0 rings (SSSR count). The molecule has 27 heavy (non-hydrogen) atoms. The highest BCUT2D eigenvalue weighted by atomic mass is 16.3. The summed E-state index contributed by atoms with van der Waals surface area (Å²) in [7, 11) is 0. The van der Waals surface area contributed by atoms with Gasteiger partial charge in [0.15, 0.2) is 0 Å². The van der Waals surface area contributed by atoms with Crippen molar-refractivity contribution < 1.29 is 14.7 Å². The van der Waals surface area contributed by atoms with Crippen LogP contribution in [0.15, 0.2) is 10.2 Å². The van der Waals surface area contributed by atoms with Crippen molar-refractivity contribution in [1.29, 1.82) is 0 Å². The first-order chi connectivity index (χ1) is 13.1. The number of azide groups is 2. The number of rotatable bonds is 16. The van der Waals surface area contributed by atoms with Crippen LogP contribution in [0.5, 0.6) is 0 Å². The fourth-order valence-electron chi connectivity index (χ4n) is 2.18. The Hall–Kier alpha value is -2.52. The number of carbonyl (C=O) groups excluding carboxylic acids is 2. The summed E-state index contributed by atoms with van der Waals surface area (Å²) in [4.78, 5) is 32.8. The normalized spacial score (nSPS) is 9.85. The van der Waals surface area contributed by atoms with E-state index in [-0.39, 0.29) is 38.0 Å². The number of nitrogens with zero attached hydrogens (tertiary/aromatic N) is 8. The van der Waals surface area contributed by atoms with E-state index in [1.54, 1.807) is 0 Å². The van der Waals surface area contributed by atoms with Crippen molar-refractivity contribution in [3.05, 3.63) is 20.9 Å². The van der Waals surface area contributed by atoms with Gasteiger partial charge in [0, 0.05) is 36.0 Å². The molecule has 0 aromatic rings. The van der Waals surface area contributed by atoms with Gasteiger partial charge in [-0.3, -0.25) is 9.59 Å². The molecule has 2 amide bonds. The molecule has 0 spiro atoms. The predicted octanol–water partition coefficient (Wildman–Crippen LogP) is 1.38. The SMILES string of the molecule is CCCCN(CO)C(=O)CN(CCCN=[N+]=[N-])C(=O)CNCCCN=[N+]=[N-]. The number of amides is 2. The average molecular weight is 383 g/mol. The lowest BCUT2D eigenvalue weighted by molar-refractivity contribution is -0.142. The minimum atomic E-state index is -0.392. The van der Waals surface area contributed by atoms with Gasteiger partial charge in [0.1, 0.15) is 6.73 Å². The quantitative estimate of drug-likeness (QED) is 0.135. The lowest BCUT2D eigenvalue weighted by Crippen LogP contribution is -2.46. The third-order valence-electron chi connectivity index (χ3n) is 3.68. The molecule has 0 heterocycles. The zero-order chi connectivity index (χ0) is 20.3. The molecule has 0 atom stereocenters. The minimum Gasteiger partial charge on any atom is -0.376 e. The van der Waals surface area contributed by atoms with Crippen LogP contribution in [0.3, 0.4) is 0 Å². The van der Waals surface area contributed by atoms with Gasteiger partial charge >= 0.3 is 0 Å². The van der Waals surface area contributed by atoms with Crippen LogP contribution >= 0.6 is 0 Å². The number of unbranched alkanes of at least 4 members (excludes halogenated alkanes) is 1. The van der Waals surface area contributed by atoms with Crippen molar-refractivity contribution in [3.8, 4) is 0 Å².